The Morgan fingerprint density at radius 1 is 1.35 bits per heavy atom. The first-order chi connectivity index (χ1) is 8.20. The zero-order chi connectivity index (χ0) is 12.3. The van der Waals surface area contributed by atoms with Crippen LogP contribution in [0.3, 0.4) is 0 Å². The van der Waals surface area contributed by atoms with E-state index in [0.29, 0.717) is 11.8 Å². The lowest BCUT2D eigenvalue weighted by molar-refractivity contribution is 0.0930. The molecule has 1 aliphatic carbocycles. The number of benzene rings is 1. The van der Waals surface area contributed by atoms with E-state index >= 15 is 0 Å². The van der Waals surface area contributed by atoms with Crippen molar-refractivity contribution in [2.75, 3.05) is 5.88 Å². The number of alkyl halides is 1. The van der Waals surface area contributed by atoms with Crippen molar-refractivity contribution in [1.29, 1.82) is 0 Å². The van der Waals surface area contributed by atoms with Gasteiger partial charge in [-0.1, -0.05) is 6.42 Å². The van der Waals surface area contributed by atoms with E-state index in [1.807, 2.05) is 24.3 Å². The molecule has 0 spiro atoms. The summed E-state index contributed by atoms with van der Waals surface area (Å²) < 4.78 is 1.14. The van der Waals surface area contributed by atoms with Gasteiger partial charge in [0.15, 0.2) is 0 Å². The van der Waals surface area contributed by atoms with Crippen LogP contribution in [-0.4, -0.2) is 17.8 Å². The Morgan fingerprint density at radius 2 is 2.06 bits per heavy atom. The summed E-state index contributed by atoms with van der Waals surface area (Å²) >= 11 is 8.13. The first kappa shape index (κ1) is 13.1. The predicted molar refractivity (Wildman–Crippen MR) is 78.5 cm³/mol. The van der Waals surface area contributed by atoms with Crippen LogP contribution in [0.2, 0.25) is 0 Å². The van der Waals surface area contributed by atoms with Crippen molar-refractivity contribution in [3.63, 3.8) is 0 Å². The molecule has 92 valence electrons. The molecule has 1 fully saturated rings. The van der Waals surface area contributed by atoms with Gasteiger partial charge in [0, 0.05) is 21.1 Å². The van der Waals surface area contributed by atoms with Gasteiger partial charge in [-0.15, -0.1) is 11.6 Å². The molecule has 1 aromatic carbocycles. The summed E-state index contributed by atoms with van der Waals surface area (Å²) in [6.07, 6.45) is 3.34. The highest BCUT2D eigenvalue weighted by Gasteiger charge is 2.27. The fourth-order valence-corrected chi connectivity index (χ4v) is 2.99. The summed E-state index contributed by atoms with van der Waals surface area (Å²) in [5.41, 5.74) is 0.727. The molecule has 0 heterocycles. The Bertz CT molecular complexity index is 393. The molecule has 1 saturated carbocycles. The van der Waals surface area contributed by atoms with Crippen molar-refractivity contribution < 1.29 is 4.79 Å². The maximum atomic E-state index is 12.0. The molecule has 1 amide bonds. The Labute approximate surface area is 120 Å². The Morgan fingerprint density at radius 3 is 2.71 bits per heavy atom. The van der Waals surface area contributed by atoms with Gasteiger partial charge < -0.3 is 5.32 Å². The lowest BCUT2D eigenvalue weighted by Crippen LogP contribution is -2.37. The van der Waals surface area contributed by atoms with Gasteiger partial charge >= 0.3 is 0 Å². The van der Waals surface area contributed by atoms with Gasteiger partial charge in [0.25, 0.3) is 5.91 Å². The monoisotopic (exact) mass is 363 g/mol. The van der Waals surface area contributed by atoms with E-state index in [-0.39, 0.29) is 11.9 Å². The molecule has 2 rings (SSSR count). The van der Waals surface area contributed by atoms with Gasteiger partial charge in [0.2, 0.25) is 0 Å². The molecule has 0 bridgehead atoms. The van der Waals surface area contributed by atoms with Gasteiger partial charge in [-0.2, -0.15) is 0 Å². The van der Waals surface area contributed by atoms with Crippen LogP contribution in [0, 0.1) is 9.49 Å². The van der Waals surface area contributed by atoms with Crippen LogP contribution in [-0.2, 0) is 0 Å². The van der Waals surface area contributed by atoms with Crippen molar-refractivity contribution in [3.8, 4) is 0 Å². The highest BCUT2D eigenvalue weighted by molar-refractivity contribution is 14.1. The van der Waals surface area contributed by atoms with Crippen molar-refractivity contribution in [2.45, 2.75) is 25.3 Å². The second-order valence-electron chi connectivity index (χ2n) is 4.43. The summed E-state index contributed by atoms with van der Waals surface area (Å²) in [7, 11) is 0. The minimum atomic E-state index is 0.0171. The molecule has 0 saturated heterocycles. The van der Waals surface area contributed by atoms with Crippen LogP contribution in [0.1, 0.15) is 29.6 Å². The quantitative estimate of drug-likeness (QED) is 0.647. The van der Waals surface area contributed by atoms with E-state index in [4.69, 9.17) is 11.6 Å². The molecule has 1 N–H and O–H groups in total. The Hall–Kier alpha value is -0.290. The van der Waals surface area contributed by atoms with Gasteiger partial charge in [-0.25, -0.2) is 0 Å². The summed E-state index contributed by atoms with van der Waals surface area (Å²) in [6, 6.07) is 7.87. The molecular formula is C13H15ClINO. The topological polar surface area (TPSA) is 29.1 Å². The smallest absolute Gasteiger partial charge is 0.251 e. The minimum Gasteiger partial charge on any atom is -0.349 e. The van der Waals surface area contributed by atoms with Crippen LogP contribution in [0.15, 0.2) is 24.3 Å². The molecule has 1 aliphatic rings. The fourth-order valence-electron chi connectivity index (χ4n) is 2.26. The summed E-state index contributed by atoms with van der Waals surface area (Å²) in [5.74, 6) is 1.09. The minimum absolute atomic E-state index is 0.0171. The van der Waals surface area contributed by atoms with Gasteiger partial charge in [0.05, 0.1) is 0 Å². The molecule has 2 unspecified atom stereocenters. The average molecular weight is 364 g/mol. The van der Waals surface area contributed by atoms with Crippen molar-refractivity contribution in [2.24, 2.45) is 5.92 Å². The third-order valence-corrected chi connectivity index (χ3v) is 4.40. The SMILES string of the molecule is O=C(NC1CCCC1CCl)c1ccc(I)cc1. The Balaban J connectivity index is 1.99. The molecule has 2 atom stereocenters. The summed E-state index contributed by atoms with van der Waals surface area (Å²) in [6.45, 7) is 0. The highest BCUT2D eigenvalue weighted by atomic mass is 127. The van der Waals surface area contributed by atoms with Gasteiger partial charge in [-0.05, 0) is 65.6 Å². The molecular weight excluding hydrogens is 349 g/mol. The maximum absolute atomic E-state index is 12.0. The second-order valence-corrected chi connectivity index (χ2v) is 5.99. The number of carbonyl (C=O) groups excluding carboxylic acids is 1. The van der Waals surface area contributed by atoms with Crippen LogP contribution in [0.25, 0.3) is 0 Å². The number of halogens is 2. The van der Waals surface area contributed by atoms with Crippen LogP contribution in [0.5, 0.6) is 0 Å². The molecule has 0 radical (unpaired) electrons. The number of hydrogen-bond donors (Lipinski definition) is 1. The first-order valence-electron chi connectivity index (χ1n) is 5.83. The van der Waals surface area contributed by atoms with E-state index in [1.165, 1.54) is 0 Å². The lowest BCUT2D eigenvalue weighted by Gasteiger charge is -2.18. The molecule has 0 aromatic heterocycles. The second kappa shape index (κ2) is 6.05. The van der Waals surface area contributed by atoms with E-state index in [2.05, 4.69) is 27.9 Å². The zero-order valence-electron chi connectivity index (χ0n) is 9.46. The maximum Gasteiger partial charge on any atom is 0.251 e. The van der Waals surface area contributed by atoms with Crippen LogP contribution >= 0.6 is 34.2 Å². The van der Waals surface area contributed by atoms with Crippen LogP contribution < -0.4 is 5.32 Å². The predicted octanol–water partition coefficient (Wildman–Crippen LogP) is 3.43. The van der Waals surface area contributed by atoms with Crippen molar-refractivity contribution >= 4 is 40.1 Å². The fraction of sp³-hybridized carbons (Fsp3) is 0.462. The van der Waals surface area contributed by atoms with E-state index in [9.17, 15) is 4.79 Å². The highest BCUT2D eigenvalue weighted by Crippen LogP contribution is 2.26. The third-order valence-electron chi connectivity index (χ3n) is 3.28. The number of amides is 1. The van der Waals surface area contributed by atoms with E-state index in [1.54, 1.807) is 0 Å². The molecule has 1 aromatic rings. The van der Waals surface area contributed by atoms with E-state index < -0.39 is 0 Å². The normalized spacial score (nSPS) is 23.6. The van der Waals surface area contributed by atoms with Gasteiger partial charge in [-0.3, -0.25) is 4.79 Å². The number of rotatable bonds is 3. The largest absolute Gasteiger partial charge is 0.349 e. The van der Waals surface area contributed by atoms with Crippen molar-refractivity contribution in [1.82, 2.24) is 5.32 Å². The number of carbonyl (C=O) groups is 1. The summed E-state index contributed by atoms with van der Waals surface area (Å²) in [4.78, 5) is 12.0. The standard InChI is InChI=1S/C13H15ClINO/c14-8-10-2-1-3-12(10)16-13(17)9-4-6-11(15)7-5-9/h4-7,10,12H,1-3,8H2,(H,16,17). The lowest BCUT2D eigenvalue weighted by atomic mass is 10.1. The number of hydrogen-bond acceptors (Lipinski definition) is 1. The van der Waals surface area contributed by atoms with E-state index in [0.717, 1.165) is 28.4 Å². The molecule has 0 aliphatic heterocycles. The molecule has 4 heteroatoms. The average Bonchev–Trinajstić information content (AvgIpc) is 2.77. The first-order valence-corrected chi connectivity index (χ1v) is 7.44. The molecule has 17 heavy (non-hydrogen) atoms. The zero-order valence-corrected chi connectivity index (χ0v) is 12.4. The molecule has 2 nitrogen and oxygen atoms in total. The van der Waals surface area contributed by atoms with Gasteiger partial charge in [0.1, 0.15) is 0 Å². The summed E-state index contributed by atoms with van der Waals surface area (Å²) in [5, 5.41) is 3.09. The van der Waals surface area contributed by atoms with Crippen LogP contribution in [0.4, 0.5) is 0 Å². The number of nitrogens with one attached hydrogen (secondary N) is 1. The van der Waals surface area contributed by atoms with Crippen molar-refractivity contribution in [3.05, 3.63) is 33.4 Å². The Kier molecular flexibility index (Phi) is 4.68. The third kappa shape index (κ3) is 3.35.